The Bertz CT molecular complexity index is 194. The van der Waals surface area contributed by atoms with Gasteiger partial charge in [-0.25, -0.2) is 0 Å². The lowest BCUT2D eigenvalue weighted by molar-refractivity contribution is 0.129. The highest BCUT2D eigenvalue weighted by Crippen LogP contribution is 2.13. The maximum atomic E-state index is 3.60. The van der Waals surface area contributed by atoms with Crippen LogP contribution in [0.15, 0.2) is 0 Å². The molecule has 1 aliphatic rings. The molecule has 1 rings (SSSR count). The van der Waals surface area contributed by atoms with Gasteiger partial charge in [0.25, 0.3) is 0 Å². The van der Waals surface area contributed by atoms with Crippen LogP contribution in [0.4, 0.5) is 0 Å². The molecule has 108 valence electrons. The summed E-state index contributed by atoms with van der Waals surface area (Å²) >= 11 is 0. The van der Waals surface area contributed by atoms with Gasteiger partial charge in [0, 0.05) is 25.2 Å². The average molecular weight is 254 g/mol. The molecule has 0 aromatic carbocycles. The van der Waals surface area contributed by atoms with Gasteiger partial charge in [0.2, 0.25) is 0 Å². The fraction of sp³-hybridized carbons (Fsp3) is 1.00. The number of nitrogens with zero attached hydrogens (tertiary/aromatic N) is 1. The molecule has 0 radical (unpaired) electrons. The molecule has 1 aliphatic heterocycles. The Kier molecular flexibility index (Phi) is 8.70. The first-order valence-corrected chi connectivity index (χ1v) is 8.25. The van der Waals surface area contributed by atoms with Crippen molar-refractivity contribution >= 4 is 0 Å². The molecule has 1 saturated heterocycles. The molecule has 18 heavy (non-hydrogen) atoms. The number of rotatable bonds is 9. The number of hydrogen-bond acceptors (Lipinski definition) is 2. The zero-order valence-corrected chi connectivity index (χ0v) is 12.9. The van der Waals surface area contributed by atoms with Crippen LogP contribution < -0.4 is 5.32 Å². The predicted molar refractivity (Wildman–Crippen MR) is 81.1 cm³/mol. The molecule has 0 aliphatic carbocycles. The van der Waals surface area contributed by atoms with Crippen LogP contribution in [0.25, 0.3) is 0 Å². The second-order valence-electron chi connectivity index (χ2n) is 5.99. The Hall–Kier alpha value is -0.0800. The Morgan fingerprint density at radius 2 is 1.67 bits per heavy atom. The van der Waals surface area contributed by atoms with E-state index in [2.05, 4.69) is 31.0 Å². The second kappa shape index (κ2) is 9.80. The van der Waals surface area contributed by atoms with E-state index in [9.17, 15) is 0 Å². The van der Waals surface area contributed by atoms with E-state index in [-0.39, 0.29) is 0 Å². The summed E-state index contributed by atoms with van der Waals surface area (Å²) in [7, 11) is 0. The summed E-state index contributed by atoms with van der Waals surface area (Å²) in [6, 6.07) is 1.46. The minimum absolute atomic E-state index is 0.678. The van der Waals surface area contributed by atoms with E-state index in [4.69, 9.17) is 0 Å². The van der Waals surface area contributed by atoms with E-state index < -0.39 is 0 Å². The second-order valence-corrected chi connectivity index (χ2v) is 5.99. The van der Waals surface area contributed by atoms with Gasteiger partial charge in [-0.3, -0.25) is 4.90 Å². The fourth-order valence-electron chi connectivity index (χ4n) is 2.98. The highest BCUT2D eigenvalue weighted by molar-refractivity contribution is 4.83. The Balaban J connectivity index is 2.05. The Morgan fingerprint density at radius 1 is 1.00 bits per heavy atom. The van der Waals surface area contributed by atoms with Gasteiger partial charge in [0.1, 0.15) is 0 Å². The maximum Gasteiger partial charge on any atom is 0.0218 e. The SMILES string of the molecule is CCCCCCCCCN1CC(C)NCC1CC. The van der Waals surface area contributed by atoms with E-state index >= 15 is 0 Å². The van der Waals surface area contributed by atoms with Gasteiger partial charge in [-0.05, 0) is 26.3 Å². The van der Waals surface area contributed by atoms with Crippen LogP contribution in [0.2, 0.25) is 0 Å². The van der Waals surface area contributed by atoms with E-state index in [1.165, 1.54) is 71.0 Å². The van der Waals surface area contributed by atoms with Crippen molar-refractivity contribution in [2.24, 2.45) is 0 Å². The van der Waals surface area contributed by atoms with Crippen molar-refractivity contribution in [2.45, 2.75) is 84.2 Å². The van der Waals surface area contributed by atoms with Gasteiger partial charge >= 0.3 is 0 Å². The molecule has 2 atom stereocenters. The van der Waals surface area contributed by atoms with Crippen LogP contribution in [-0.4, -0.2) is 36.6 Å². The Labute approximate surface area is 115 Å². The third kappa shape index (κ3) is 6.19. The van der Waals surface area contributed by atoms with E-state index in [1.54, 1.807) is 0 Å². The topological polar surface area (TPSA) is 15.3 Å². The lowest BCUT2D eigenvalue weighted by Crippen LogP contribution is -2.55. The molecule has 0 saturated carbocycles. The first kappa shape index (κ1) is 16.0. The molecular formula is C16H34N2. The monoisotopic (exact) mass is 254 g/mol. The molecule has 0 amide bonds. The molecule has 0 spiro atoms. The summed E-state index contributed by atoms with van der Waals surface area (Å²) in [6.45, 7) is 10.7. The highest BCUT2D eigenvalue weighted by Gasteiger charge is 2.23. The quantitative estimate of drug-likeness (QED) is 0.629. The van der Waals surface area contributed by atoms with Crippen LogP contribution in [0.5, 0.6) is 0 Å². The maximum absolute atomic E-state index is 3.60. The van der Waals surface area contributed by atoms with Gasteiger partial charge in [0.15, 0.2) is 0 Å². The standard InChI is InChI=1S/C16H34N2/c1-4-6-7-8-9-10-11-12-18-14-15(3)17-13-16(18)5-2/h15-17H,4-14H2,1-3H3. The summed E-state index contributed by atoms with van der Waals surface area (Å²) in [4.78, 5) is 2.72. The minimum atomic E-state index is 0.678. The van der Waals surface area contributed by atoms with Crippen molar-refractivity contribution in [3.8, 4) is 0 Å². The molecule has 1 N–H and O–H groups in total. The molecule has 2 unspecified atom stereocenters. The zero-order chi connectivity index (χ0) is 13.2. The highest BCUT2D eigenvalue weighted by atomic mass is 15.2. The van der Waals surface area contributed by atoms with Crippen LogP contribution in [-0.2, 0) is 0 Å². The average Bonchev–Trinajstić information content (AvgIpc) is 2.38. The van der Waals surface area contributed by atoms with Crippen molar-refractivity contribution in [3.63, 3.8) is 0 Å². The van der Waals surface area contributed by atoms with Crippen LogP contribution >= 0.6 is 0 Å². The summed E-state index contributed by atoms with van der Waals surface area (Å²) in [5.74, 6) is 0. The molecule has 0 aromatic heterocycles. The Morgan fingerprint density at radius 3 is 2.33 bits per heavy atom. The van der Waals surface area contributed by atoms with Gasteiger partial charge < -0.3 is 5.32 Å². The van der Waals surface area contributed by atoms with Crippen molar-refractivity contribution in [2.75, 3.05) is 19.6 Å². The van der Waals surface area contributed by atoms with Gasteiger partial charge in [-0.15, -0.1) is 0 Å². The lowest BCUT2D eigenvalue weighted by Gasteiger charge is -2.39. The van der Waals surface area contributed by atoms with Crippen molar-refractivity contribution in [1.29, 1.82) is 0 Å². The van der Waals surface area contributed by atoms with Gasteiger partial charge in [-0.1, -0.05) is 52.4 Å². The number of unbranched alkanes of at least 4 members (excludes halogenated alkanes) is 6. The summed E-state index contributed by atoms with van der Waals surface area (Å²) in [5.41, 5.74) is 0. The fourth-order valence-corrected chi connectivity index (χ4v) is 2.98. The number of hydrogen-bond donors (Lipinski definition) is 1. The summed E-state index contributed by atoms with van der Waals surface area (Å²) in [6.07, 6.45) is 11.2. The van der Waals surface area contributed by atoms with E-state index in [1.807, 2.05) is 0 Å². The largest absolute Gasteiger partial charge is 0.311 e. The first-order valence-electron chi connectivity index (χ1n) is 8.25. The number of nitrogens with one attached hydrogen (secondary N) is 1. The predicted octanol–water partition coefficient (Wildman–Crippen LogP) is 3.81. The molecule has 2 nitrogen and oxygen atoms in total. The van der Waals surface area contributed by atoms with Crippen molar-refractivity contribution in [3.05, 3.63) is 0 Å². The van der Waals surface area contributed by atoms with Crippen LogP contribution in [0.3, 0.4) is 0 Å². The lowest BCUT2D eigenvalue weighted by atomic mass is 10.1. The van der Waals surface area contributed by atoms with Crippen molar-refractivity contribution in [1.82, 2.24) is 10.2 Å². The summed E-state index contributed by atoms with van der Waals surface area (Å²) < 4.78 is 0. The van der Waals surface area contributed by atoms with Crippen LogP contribution in [0.1, 0.15) is 72.1 Å². The third-order valence-corrected chi connectivity index (χ3v) is 4.25. The molecule has 2 heteroatoms. The third-order valence-electron chi connectivity index (χ3n) is 4.25. The van der Waals surface area contributed by atoms with E-state index in [0.717, 1.165) is 6.04 Å². The molecular weight excluding hydrogens is 220 g/mol. The molecule has 0 bridgehead atoms. The van der Waals surface area contributed by atoms with E-state index in [0.29, 0.717) is 6.04 Å². The van der Waals surface area contributed by atoms with Gasteiger partial charge in [-0.2, -0.15) is 0 Å². The normalized spacial score (nSPS) is 25.5. The molecule has 0 aromatic rings. The minimum Gasteiger partial charge on any atom is -0.311 e. The first-order chi connectivity index (χ1) is 8.77. The summed E-state index contributed by atoms with van der Waals surface area (Å²) in [5, 5.41) is 3.60. The molecule has 1 heterocycles. The smallest absolute Gasteiger partial charge is 0.0218 e. The number of piperazine rings is 1. The van der Waals surface area contributed by atoms with Crippen LogP contribution in [0, 0.1) is 0 Å². The van der Waals surface area contributed by atoms with Gasteiger partial charge in [0.05, 0.1) is 0 Å². The van der Waals surface area contributed by atoms with Crippen molar-refractivity contribution < 1.29 is 0 Å². The zero-order valence-electron chi connectivity index (χ0n) is 12.9. The molecule has 1 fully saturated rings.